The van der Waals surface area contributed by atoms with Gasteiger partial charge in [-0.3, -0.25) is 0 Å². The van der Waals surface area contributed by atoms with Crippen molar-refractivity contribution in [1.29, 1.82) is 0 Å². The molecule has 0 radical (unpaired) electrons. The van der Waals surface area contributed by atoms with E-state index in [0.717, 1.165) is 0 Å². The summed E-state index contributed by atoms with van der Waals surface area (Å²) in [5.41, 5.74) is 0. The van der Waals surface area contributed by atoms with E-state index in [1.54, 1.807) is 0 Å². The van der Waals surface area contributed by atoms with Gasteiger partial charge in [0, 0.05) is 0 Å². The molecule has 0 aliphatic rings. The first-order chi connectivity index (χ1) is 3.73. The van der Waals surface area contributed by atoms with E-state index in [4.69, 9.17) is 34.2 Å². The van der Waals surface area contributed by atoms with Gasteiger partial charge in [0.25, 0.3) is 0 Å². The van der Waals surface area contributed by atoms with Crippen LogP contribution in [0, 0.1) is 0 Å². The monoisotopic (exact) mass is 230 g/mol. The Bertz CT molecular complexity index is 89.0. The zero-order chi connectivity index (χ0) is 8.08. The first kappa shape index (κ1) is 22.7. The first-order valence-electron chi connectivity index (χ1n) is 1.55. The van der Waals surface area contributed by atoms with Crippen molar-refractivity contribution in [1.82, 2.24) is 0 Å². The van der Waals surface area contributed by atoms with Crippen molar-refractivity contribution < 1.29 is 37.0 Å². The third kappa shape index (κ3) is 738. The molecule has 0 bridgehead atoms. The Morgan fingerprint density at radius 1 is 1.09 bits per heavy atom. The Kier molecular flexibility index (Phi) is 23.0. The number of carbonyl (C=O) groups is 1. The number of hydrogen-bond donors (Lipinski definition) is 6. The summed E-state index contributed by atoms with van der Waals surface area (Å²) in [7, 11) is -4.61. The fraction of sp³-hybridized carbons (Fsp3) is 0. The molecule has 11 heavy (non-hydrogen) atoms. The van der Waals surface area contributed by atoms with Gasteiger partial charge in [-0.25, -0.2) is 4.79 Å². The normalized spacial score (nSPS) is 7.64. The smallest absolute Gasteiger partial charge is 1.00 e. The van der Waals surface area contributed by atoms with Crippen LogP contribution in [0.15, 0.2) is 0 Å². The van der Waals surface area contributed by atoms with Crippen LogP contribution in [0.2, 0.25) is 0 Å². The van der Waals surface area contributed by atoms with Gasteiger partial charge in [-0.15, -0.1) is 0 Å². The predicted octanol–water partition coefficient (Wildman–Crippen LogP) is -3.73. The molecule has 0 aromatic rings. The summed E-state index contributed by atoms with van der Waals surface area (Å²) in [6.45, 7) is 0. The van der Waals surface area contributed by atoms with Gasteiger partial charge in [0.2, 0.25) is 0 Å². The molecule has 66 valence electrons. The maximum absolute atomic E-state index is 8.56. The largest absolute Gasteiger partial charge is 2.00 e. The maximum atomic E-state index is 8.56. The van der Waals surface area contributed by atoms with Gasteiger partial charge in [0.1, 0.15) is 0 Å². The van der Waals surface area contributed by atoms with E-state index in [-0.39, 0.29) is 58.0 Å². The van der Waals surface area contributed by atoms with E-state index in [1.165, 1.54) is 0 Å². The zero-order valence-electron chi connectivity index (χ0n) is 6.80. The molecule has 0 aliphatic carbocycles. The van der Waals surface area contributed by atoms with Crippen molar-refractivity contribution in [2.24, 2.45) is 0 Å². The third-order valence-corrected chi connectivity index (χ3v) is 0. The minimum Gasteiger partial charge on any atom is -1.00 e. The Hall–Kier alpha value is 1.12. The van der Waals surface area contributed by atoms with Gasteiger partial charge < -0.3 is 32.2 Å². The number of carboxylic acid groups (broad SMARTS) is 2. The van der Waals surface area contributed by atoms with Crippen molar-refractivity contribution in [3.63, 3.8) is 0 Å². The second-order valence-electron chi connectivity index (χ2n) is 0.883. The van der Waals surface area contributed by atoms with Gasteiger partial charge in [-0.05, 0) is 0 Å². The molecule has 7 nitrogen and oxygen atoms in total. The molecule has 0 fully saturated rings. The van der Waals surface area contributed by atoms with Crippen molar-refractivity contribution in [2.75, 3.05) is 0 Å². The topological polar surface area (TPSA) is 138 Å². The molecule has 0 saturated heterocycles. The molecule has 0 saturated carbocycles. The molecule has 6 N–H and O–H groups in total. The summed E-state index contributed by atoms with van der Waals surface area (Å²) in [5.74, 6) is 0. The molecule has 0 spiro atoms. The summed E-state index contributed by atoms with van der Waals surface area (Å²) in [6, 6.07) is 0. The predicted molar refractivity (Wildman–Crippen MR) is 43.2 cm³/mol. The number of rotatable bonds is 0. The average molecular weight is 230 g/mol. The second kappa shape index (κ2) is 11.1. The van der Waals surface area contributed by atoms with Gasteiger partial charge in [0.05, 0.1) is 0 Å². The maximum Gasteiger partial charge on any atom is 2.00 e. The summed E-state index contributed by atoms with van der Waals surface area (Å²) < 4.78 is 0. The molecule has 0 unspecified atom stereocenters. The summed E-state index contributed by atoms with van der Waals surface area (Å²) in [4.78, 5) is 37.9. The van der Waals surface area contributed by atoms with E-state index in [1.807, 2.05) is 0 Å². The molecule has 0 atom stereocenters. The van der Waals surface area contributed by atoms with Crippen LogP contribution in [0.25, 0.3) is 0 Å². The van der Waals surface area contributed by atoms with Crippen molar-refractivity contribution in [3.05, 3.63) is 0 Å². The van der Waals surface area contributed by atoms with Crippen LogP contribution in [0.1, 0.15) is 2.85 Å². The van der Waals surface area contributed by atoms with Gasteiger partial charge in [-0.2, -0.15) is 0 Å². The Morgan fingerprint density at radius 2 is 1.09 bits per heavy atom. The SMILES string of the molecule is O=C(O)O.O[Si](O)(O)O.[AlH3].[Ca+2].[H-].[H-]. The van der Waals surface area contributed by atoms with Crippen LogP contribution in [0.4, 0.5) is 4.79 Å². The van der Waals surface area contributed by atoms with E-state index in [0.29, 0.717) is 0 Å². The average Bonchev–Trinajstić information content (AvgIpc) is 1.19. The third-order valence-electron chi connectivity index (χ3n) is 0. The van der Waals surface area contributed by atoms with Gasteiger partial charge >= 0.3 is 52.9 Å². The summed E-state index contributed by atoms with van der Waals surface area (Å²) >= 11 is 0. The van der Waals surface area contributed by atoms with E-state index in [9.17, 15) is 0 Å². The molecule has 0 heterocycles. The van der Waals surface area contributed by atoms with E-state index in [2.05, 4.69) is 0 Å². The molecular weight excluding hydrogens is 219 g/mol. The second-order valence-corrected chi connectivity index (χ2v) is 2.08. The Labute approximate surface area is 107 Å². The molecule has 10 heteroatoms. The van der Waals surface area contributed by atoms with Crippen LogP contribution in [-0.4, -0.2) is 99.7 Å². The van der Waals surface area contributed by atoms with Gasteiger partial charge in [-0.1, -0.05) is 0 Å². The molecule has 0 aromatic heterocycles. The molecule has 0 aliphatic heterocycles. The molecule has 0 amide bonds. The van der Waals surface area contributed by atoms with E-state index >= 15 is 0 Å². The molecule has 0 aromatic carbocycles. The van der Waals surface area contributed by atoms with Crippen molar-refractivity contribution in [2.45, 2.75) is 0 Å². The first-order valence-corrected chi connectivity index (χ1v) is 3.33. The zero-order valence-corrected chi connectivity index (χ0v) is 8.01. The van der Waals surface area contributed by atoms with Crippen molar-refractivity contribution >= 4 is 70.3 Å². The minimum atomic E-state index is -4.61. The fourth-order valence-corrected chi connectivity index (χ4v) is 0. The number of hydrogen-bond acceptors (Lipinski definition) is 5. The summed E-state index contributed by atoms with van der Waals surface area (Å²) in [5, 5.41) is 13.9. The standard InChI is InChI=1S/CH2O3.Al.Ca.H4O4Si.5H/c2-1(3)4;;;1-5(2,3)4;;;;;/h(H2,2,3,4);;;1-4H;;;;;/q;;+2;;;;;2*-1. The van der Waals surface area contributed by atoms with Crippen LogP contribution in [0.5, 0.6) is 0 Å². The van der Waals surface area contributed by atoms with Crippen LogP contribution in [0.3, 0.4) is 0 Å². The van der Waals surface area contributed by atoms with Crippen LogP contribution >= 0.6 is 0 Å². The van der Waals surface area contributed by atoms with Crippen LogP contribution < -0.4 is 0 Å². The van der Waals surface area contributed by atoms with E-state index < -0.39 is 15.2 Å². The molecule has 0 rings (SSSR count). The summed E-state index contributed by atoms with van der Waals surface area (Å²) in [6.07, 6.45) is -1.83. The Morgan fingerprint density at radius 3 is 1.09 bits per heavy atom. The van der Waals surface area contributed by atoms with Gasteiger partial charge in [0.15, 0.2) is 17.4 Å². The van der Waals surface area contributed by atoms with Crippen molar-refractivity contribution in [3.8, 4) is 0 Å². The fourth-order valence-electron chi connectivity index (χ4n) is 0. The molecular formula is CH11AlCaO7Si. The Balaban J connectivity index is -0.0000000146. The minimum absolute atomic E-state index is 0. The van der Waals surface area contributed by atoms with Crippen LogP contribution in [-0.2, 0) is 0 Å². The quantitative estimate of drug-likeness (QED) is 0.235.